The van der Waals surface area contributed by atoms with Crippen molar-refractivity contribution in [2.75, 3.05) is 4.90 Å². The molecule has 2 aliphatic carbocycles. The van der Waals surface area contributed by atoms with Gasteiger partial charge in [-0.25, -0.2) is 0 Å². The Kier molecular flexibility index (Phi) is 8.38. The van der Waals surface area contributed by atoms with Crippen LogP contribution in [0.4, 0.5) is 17.1 Å². The number of hydrogen-bond acceptors (Lipinski definition) is 2. The van der Waals surface area contributed by atoms with E-state index in [1.165, 1.54) is 83.1 Å². The third-order valence-electron chi connectivity index (χ3n) is 15.6. The predicted molar refractivity (Wildman–Crippen MR) is 289 cm³/mol. The molecule has 0 radical (unpaired) electrons. The zero-order valence-electron chi connectivity index (χ0n) is 39.1. The molecule has 0 fully saturated rings. The maximum Gasteiger partial charge on any atom is 0.143 e. The molecule has 328 valence electrons. The molecule has 10 aromatic carbocycles. The second-order valence-electron chi connectivity index (χ2n) is 20.1. The van der Waals surface area contributed by atoms with Crippen LogP contribution in [0.25, 0.3) is 93.9 Å². The standard InChI is InChI=1S/C66H48N2O/c1-65(2)56-24-12-9-20-51(56)63-57(65)25-15-26-60(63)67(46-35-30-42(31-36-46)47-21-14-22-50-49-19-10-13-27-62(49)69-64(47)50)45-33-28-41(29-34-45)43-32-37-59-53(38-43)54-39-52-48-18-8-11-23-55(48)66(3,4)58(52)40-61(54)68(59)44-16-6-5-7-17-44/h5-40H,1-4H3. The molecule has 0 saturated heterocycles. The highest BCUT2D eigenvalue weighted by molar-refractivity contribution is 6.13. The molecule has 0 atom stereocenters. The maximum atomic E-state index is 6.50. The summed E-state index contributed by atoms with van der Waals surface area (Å²) in [6, 6.07) is 80.5. The Morgan fingerprint density at radius 1 is 0.377 bits per heavy atom. The first-order valence-corrected chi connectivity index (χ1v) is 24.2. The molecule has 12 aromatic rings. The van der Waals surface area contributed by atoms with E-state index < -0.39 is 0 Å². The summed E-state index contributed by atoms with van der Waals surface area (Å²) in [6.07, 6.45) is 0. The molecule has 0 saturated carbocycles. The Balaban J connectivity index is 0.912. The highest BCUT2D eigenvalue weighted by atomic mass is 16.3. The van der Waals surface area contributed by atoms with Crippen LogP contribution < -0.4 is 4.90 Å². The largest absolute Gasteiger partial charge is 0.455 e. The topological polar surface area (TPSA) is 21.3 Å². The summed E-state index contributed by atoms with van der Waals surface area (Å²) in [4.78, 5) is 2.45. The van der Waals surface area contributed by atoms with E-state index in [-0.39, 0.29) is 10.8 Å². The smallest absolute Gasteiger partial charge is 0.143 e. The second-order valence-corrected chi connectivity index (χ2v) is 20.1. The van der Waals surface area contributed by atoms with E-state index in [1.54, 1.807) is 0 Å². The lowest BCUT2D eigenvalue weighted by molar-refractivity contribution is 0.660. The van der Waals surface area contributed by atoms with Crippen molar-refractivity contribution >= 4 is 60.8 Å². The van der Waals surface area contributed by atoms with E-state index in [2.05, 4.69) is 249 Å². The fraction of sp³-hybridized carbons (Fsp3) is 0.0909. The van der Waals surface area contributed by atoms with Gasteiger partial charge in [0, 0.05) is 60.6 Å². The van der Waals surface area contributed by atoms with Gasteiger partial charge in [0.1, 0.15) is 11.2 Å². The second kappa shape index (κ2) is 14.6. The van der Waals surface area contributed by atoms with Gasteiger partial charge in [0.2, 0.25) is 0 Å². The molecule has 0 spiro atoms. The van der Waals surface area contributed by atoms with Crippen LogP contribution in [-0.2, 0) is 10.8 Å². The minimum absolute atomic E-state index is 0.0928. The van der Waals surface area contributed by atoms with Crippen LogP contribution in [0.15, 0.2) is 223 Å². The van der Waals surface area contributed by atoms with E-state index in [1.807, 2.05) is 6.07 Å². The zero-order valence-corrected chi connectivity index (χ0v) is 39.1. The summed E-state index contributed by atoms with van der Waals surface area (Å²) in [6.45, 7) is 9.45. The molecule has 0 unspecified atom stereocenters. The molecule has 3 heteroatoms. The monoisotopic (exact) mass is 884 g/mol. The number of furan rings is 1. The van der Waals surface area contributed by atoms with E-state index in [0.29, 0.717) is 0 Å². The van der Waals surface area contributed by atoms with Crippen LogP contribution >= 0.6 is 0 Å². The minimum atomic E-state index is -0.130. The van der Waals surface area contributed by atoms with E-state index in [4.69, 9.17) is 4.42 Å². The Morgan fingerprint density at radius 3 is 1.74 bits per heavy atom. The average Bonchev–Trinajstić information content (AvgIpc) is 4.07. The molecular formula is C66H48N2O. The van der Waals surface area contributed by atoms with Crippen molar-refractivity contribution in [1.29, 1.82) is 0 Å². The van der Waals surface area contributed by atoms with Crippen molar-refractivity contribution in [2.24, 2.45) is 0 Å². The Morgan fingerprint density at radius 2 is 0.957 bits per heavy atom. The number of aromatic nitrogens is 1. The molecule has 0 bridgehead atoms. The summed E-state index contributed by atoms with van der Waals surface area (Å²) < 4.78 is 8.95. The lowest BCUT2D eigenvalue weighted by Crippen LogP contribution is -2.16. The first-order valence-electron chi connectivity index (χ1n) is 24.2. The molecule has 2 aliphatic rings. The molecular weight excluding hydrogens is 837 g/mol. The Hall–Kier alpha value is -8.40. The van der Waals surface area contributed by atoms with Crippen molar-refractivity contribution in [3.63, 3.8) is 0 Å². The van der Waals surface area contributed by atoms with Gasteiger partial charge in [0.05, 0.1) is 16.7 Å². The first kappa shape index (κ1) is 39.7. The summed E-state index contributed by atoms with van der Waals surface area (Å²) in [5.74, 6) is 0. The number of anilines is 3. The lowest BCUT2D eigenvalue weighted by Gasteiger charge is -2.29. The van der Waals surface area contributed by atoms with Crippen LogP contribution in [0, 0.1) is 0 Å². The highest BCUT2D eigenvalue weighted by Crippen LogP contribution is 2.55. The molecule has 69 heavy (non-hydrogen) atoms. The van der Waals surface area contributed by atoms with Crippen LogP contribution in [0.1, 0.15) is 49.9 Å². The molecule has 0 aliphatic heterocycles. The van der Waals surface area contributed by atoms with Crippen LogP contribution in [0.5, 0.6) is 0 Å². The molecule has 0 amide bonds. The number of para-hydroxylation sites is 3. The SMILES string of the molecule is CC1(C)c2ccccc2-c2cc3c4cc(-c5ccc(N(c6ccc(-c7cccc8c7oc7ccccc78)cc6)c6cccc7c6-c6ccccc6C7(C)C)cc5)ccc4n(-c4ccccc4)c3cc21. The Labute approximate surface area is 402 Å². The van der Waals surface area contributed by atoms with Gasteiger partial charge in [-0.05, 0) is 128 Å². The van der Waals surface area contributed by atoms with Gasteiger partial charge in [0.15, 0.2) is 0 Å². The molecule has 2 aromatic heterocycles. The summed E-state index contributed by atoms with van der Waals surface area (Å²) in [5, 5.41) is 4.79. The predicted octanol–water partition coefficient (Wildman–Crippen LogP) is 18.1. The van der Waals surface area contributed by atoms with Gasteiger partial charge in [-0.1, -0.05) is 173 Å². The zero-order chi connectivity index (χ0) is 46.2. The van der Waals surface area contributed by atoms with Crippen molar-refractivity contribution in [3.05, 3.63) is 241 Å². The van der Waals surface area contributed by atoms with Gasteiger partial charge in [-0.2, -0.15) is 0 Å². The van der Waals surface area contributed by atoms with Crippen molar-refractivity contribution in [2.45, 2.75) is 38.5 Å². The fourth-order valence-electron chi connectivity index (χ4n) is 12.2. The van der Waals surface area contributed by atoms with E-state index in [9.17, 15) is 0 Å². The van der Waals surface area contributed by atoms with Gasteiger partial charge in [-0.3, -0.25) is 0 Å². The van der Waals surface area contributed by atoms with Gasteiger partial charge < -0.3 is 13.9 Å². The number of benzene rings is 10. The normalized spacial score (nSPS) is 14.0. The number of rotatable bonds is 6. The van der Waals surface area contributed by atoms with E-state index in [0.717, 1.165) is 50.1 Å². The van der Waals surface area contributed by atoms with Crippen LogP contribution in [0.2, 0.25) is 0 Å². The van der Waals surface area contributed by atoms with E-state index >= 15 is 0 Å². The third kappa shape index (κ3) is 5.74. The molecule has 0 N–H and O–H groups in total. The van der Waals surface area contributed by atoms with Gasteiger partial charge in [0.25, 0.3) is 0 Å². The summed E-state index contributed by atoms with van der Waals surface area (Å²) in [7, 11) is 0. The van der Waals surface area contributed by atoms with Crippen molar-refractivity contribution in [3.8, 4) is 50.2 Å². The summed E-state index contributed by atoms with van der Waals surface area (Å²) in [5.41, 5.74) is 23.9. The molecule has 14 rings (SSSR count). The third-order valence-corrected chi connectivity index (χ3v) is 15.6. The maximum absolute atomic E-state index is 6.50. The number of nitrogens with zero attached hydrogens (tertiary/aromatic N) is 2. The van der Waals surface area contributed by atoms with Crippen molar-refractivity contribution in [1.82, 2.24) is 4.57 Å². The lowest BCUT2D eigenvalue weighted by atomic mass is 9.82. The highest BCUT2D eigenvalue weighted by Gasteiger charge is 2.38. The Bertz CT molecular complexity index is 4050. The fourth-order valence-corrected chi connectivity index (χ4v) is 12.2. The van der Waals surface area contributed by atoms with Gasteiger partial charge >= 0.3 is 0 Å². The summed E-state index contributed by atoms with van der Waals surface area (Å²) >= 11 is 0. The minimum Gasteiger partial charge on any atom is -0.455 e. The number of fused-ring (bicyclic) bond motifs is 12. The average molecular weight is 885 g/mol. The van der Waals surface area contributed by atoms with Gasteiger partial charge in [-0.15, -0.1) is 0 Å². The number of hydrogen-bond donors (Lipinski definition) is 0. The van der Waals surface area contributed by atoms with Crippen LogP contribution in [0.3, 0.4) is 0 Å². The first-order chi connectivity index (χ1) is 33.7. The quantitative estimate of drug-likeness (QED) is 0.166. The van der Waals surface area contributed by atoms with Crippen molar-refractivity contribution < 1.29 is 4.42 Å². The van der Waals surface area contributed by atoms with Crippen LogP contribution in [-0.4, -0.2) is 4.57 Å². The molecule has 2 heterocycles. The molecule has 3 nitrogen and oxygen atoms in total.